The molecule has 2 nitrogen and oxygen atoms in total. The zero-order valence-corrected chi connectivity index (χ0v) is 7.46. The van der Waals surface area contributed by atoms with Crippen molar-refractivity contribution in [1.82, 2.24) is 5.32 Å². The summed E-state index contributed by atoms with van der Waals surface area (Å²) in [6.45, 7) is 0. The Bertz CT molecular complexity index is 179. The first-order chi connectivity index (χ1) is 5.92. The molecule has 0 amide bonds. The lowest BCUT2D eigenvalue weighted by atomic mass is 9.89. The van der Waals surface area contributed by atoms with Gasteiger partial charge in [0.2, 0.25) is 0 Å². The highest BCUT2D eigenvalue weighted by atomic mass is 16.5. The highest BCUT2D eigenvalue weighted by Crippen LogP contribution is 2.35. The zero-order valence-electron chi connectivity index (χ0n) is 7.46. The van der Waals surface area contributed by atoms with Crippen molar-refractivity contribution in [1.29, 1.82) is 0 Å². The largest absolute Gasteiger partial charge is 0.373 e. The van der Waals surface area contributed by atoms with Crippen molar-refractivity contribution in [2.45, 2.75) is 62.8 Å². The molecule has 0 aromatic carbocycles. The van der Waals surface area contributed by atoms with E-state index in [9.17, 15) is 0 Å². The fourth-order valence-corrected chi connectivity index (χ4v) is 2.69. The Kier molecular flexibility index (Phi) is 1.66. The second-order valence-electron chi connectivity index (χ2n) is 4.51. The Balaban J connectivity index is 1.56. The van der Waals surface area contributed by atoms with Gasteiger partial charge in [-0.1, -0.05) is 6.42 Å². The third-order valence-electron chi connectivity index (χ3n) is 3.66. The topological polar surface area (TPSA) is 21.3 Å². The molecule has 3 fully saturated rings. The van der Waals surface area contributed by atoms with E-state index in [0.717, 1.165) is 6.04 Å². The standard InChI is InChI=1S/C10H17NO/c1-2-7(3-1)11-9-6-8-4-5-10(9)12-8/h7-11H,1-6H2. The Hall–Kier alpha value is -0.0800. The van der Waals surface area contributed by atoms with Crippen LogP contribution in [0.1, 0.15) is 38.5 Å². The van der Waals surface area contributed by atoms with Gasteiger partial charge < -0.3 is 10.1 Å². The normalized spacial score (nSPS) is 46.5. The van der Waals surface area contributed by atoms with Crippen LogP contribution in [0.5, 0.6) is 0 Å². The highest BCUT2D eigenvalue weighted by molar-refractivity contribution is 4.96. The van der Waals surface area contributed by atoms with E-state index in [2.05, 4.69) is 5.32 Å². The Morgan fingerprint density at radius 2 is 2.00 bits per heavy atom. The molecule has 1 N–H and O–H groups in total. The molecule has 2 bridgehead atoms. The van der Waals surface area contributed by atoms with E-state index in [-0.39, 0.29) is 0 Å². The van der Waals surface area contributed by atoms with E-state index in [1.165, 1.54) is 38.5 Å². The van der Waals surface area contributed by atoms with E-state index in [4.69, 9.17) is 4.74 Å². The molecular formula is C10H17NO. The third kappa shape index (κ3) is 1.09. The molecule has 0 radical (unpaired) electrons. The monoisotopic (exact) mass is 167 g/mol. The first-order valence-corrected chi connectivity index (χ1v) is 5.33. The van der Waals surface area contributed by atoms with Gasteiger partial charge in [0.25, 0.3) is 0 Å². The maximum atomic E-state index is 5.79. The summed E-state index contributed by atoms with van der Waals surface area (Å²) in [6.07, 6.45) is 9.29. The van der Waals surface area contributed by atoms with Crippen molar-refractivity contribution in [2.75, 3.05) is 0 Å². The van der Waals surface area contributed by atoms with Gasteiger partial charge in [0.15, 0.2) is 0 Å². The average molecular weight is 167 g/mol. The number of rotatable bonds is 2. The van der Waals surface area contributed by atoms with Crippen LogP contribution in [0.25, 0.3) is 0 Å². The minimum atomic E-state index is 0.565. The predicted molar refractivity (Wildman–Crippen MR) is 47.1 cm³/mol. The fraction of sp³-hybridized carbons (Fsp3) is 1.00. The first-order valence-electron chi connectivity index (χ1n) is 5.33. The SMILES string of the molecule is C1CC(NC2CC3CCC2O3)C1. The number of hydrogen-bond donors (Lipinski definition) is 1. The summed E-state index contributed by atoms with van der Waals surface area (Å²) in [5.74, 6) is 0. The second kappa shape index (κ2) is 2.71. The van der Waals surface area contributed by atoms with Gasteiger partial charge in [-0.2, -0.15) is 0 Å². The summed E-state index contributed by atoms with van der Waals surface area (Å²) in [6, 6.07) is 1.53. The molecule has 12 heavy (non-hydrogen) atoms. The smallest absolute Gasteiger partial charge is 0.0733 e. The minimum Gasteiger partial charge on any atom is -0.373 e. The number of nitrogens with one attached hydrogen (secondary N) is 1. The highest BCUT2D eigenvalue weighted by Gasteiger charge is 2.41. The van der Waals surface area contributed by atoms with Crippen LogP contribution in [0.4, 0.5) is 0 Å². The van der Waals surface area contributed by atoms with E-state index in [0.29, 0.717) is 18.2 Å². The van der Waals surface area contributed by atoms with Crippen LogP contribution in [0, 0.1) is 0 Å². The average Bonchev–Trinajstić information content (AvgIpc) is 2.56. The van der Waals surface area contributed by atoms with Gasteiger partial charge >= 0.3 is 0 Å². The Labute approximate surface area is 73.7 Å². The van der Waals surface area contributed by atoms with Crippen LogP contribution in [0.2, 0.25) is 0 Å². The number of fused-ring (bicyclic) bond motifs is 2. The van der Waals surface area contributed by atoms with Crippen molar-refractivity contribution in [3.8, 4) is 0 Å². The quantitative estimate of drug-likeness (QED) is 0.672. The Morgan fingerprint density at radius 1 is 1.08 bits per heavy atom. The van der Waals surface area contributed by atoms with Gasteiger partial charge in [-0.25, -0.2) is 0 Å². The first kappa shape index (κ1) is 7.34. The van der Waals surface area contributed by atoms with Crippen molar-refractivity contribution in [2.24, 2.45) is 0 Å². The van der Waals surface area contributed by atoms with Crippen molar-refractivity contribution in [3.63, 3.8) is 0 Å². The maximum absolute atomic E-state index is 5.79. The van der Waals surface area contributed by atoms with Gasteiger partial charge in [-0.15, -0.1) is 0 Å². The molecule has 2 heterocycles. The second-order valence-corrected chi connectivity index (χ2v) is 4.51. The van der Waals surface area contributed by atoms with Crippen molar-refractivity contribution < 1.29 is 4.74 Å². The van der Waals surface area contributed by atoms with Crippen LogP contribution < -0.4 is 5.32 Å². The molecule has 0 aromatic rings. The fourth-order valence-electron chi connectivity index (χ4n) is 2.69. The Morgan fingerprint density at radius 3 is 2.50 bits per heavy atom. The molecule has 1 aliphatic carbocycles. The van der Waals surface area contributed by atoms with E-state index < -0.39 is 0 Å². The van der Waals surface area contributed by atoms with Gasteiger partial charge in [0, 0.05) is 12.1 Å². The maximum Gasteiger partial charge on any atom is 0.0733 e. The zero-order chi connectivity index (χ0) is 7.97. The molecule has 1 saturated carbocycles. The minimum absolute atomic E-state index is 0.565. The van der Waals surface area contributed by atoms with Gasteiger partial charge in [-0.05, 0) is 32.1 Å². The third-order valence-corrected chi connectivity index (χ3v) is 3.66. The van der Waals surface area contributed by atoms with Crippen LogP contribution in [0.15, 0.2) is 0 Å². The lowest BCUT2D eigenvalue weighted by molar-refractivity contribution is 0.0940. The van der Waals surface area contributed by atoms with Crippen LogP contribution in [-0.4, -0.2) is 24.3 Å². The van der Waals surface area contributed by atoms with Crippen molar-refractivity contribution in [3.05, 3.63) is 0 Å². The summed E-state index contributed by atoms with van der Waals surface area (Å²) >= 11 is 0. The molecule has 2 saturated heterocycles. The number of hydrogen-bond acceptors (Lipinski definition) is 2. The molecule has 3 unspecified atom stereocenters. The van der Waals surface area contributed by atoms with E-state index in [1.807, 2.05) is 0 Å². The summed E-state index contributed by atoms with van der Waals surface area (Å²) in [5.41, 5.74) is 0. The molecule has 2 heteroatoms. The van der Waals surface area contributed by atoms with E-state index in [1.54, 1.807) is 0 Å². The van der Waals surface area contributed by atoms with Crippen molar-refractivity contribution >= 4 is 0 Å². The molecule has 3 rings (SSSR count). The predicted octanol–water partition coefficient (Wildman–Crippen LogP) is 1.45. The molecular weight excluding hydrogens is 150 g/mol. The molecule has 68 valence electrons. The molecule has 3 aliphatic rings. The summed E-state index contributed by atoms with van der Waals surface area (Å²) in [7, 11) is 0. The van der Waals surface area contributed by atoms with Crippen LogP contribution in [-0.2, 0) is 4.74 Å². The van der Waals surface area contributed by atoms with Crippen LogP contribution in [0.3, 0.4) is 0 Å². The molecule has 3 atom stereocenters. The van der Waals surface area contributed by atoms with Gasteiger partial charge in [0.05, 0.1) is 12.2 Å². The summed E-state index contributed by atoms with van der Waals surface area (Å²) < 4.78 is 5.79. The van der Waals surface area contributed by atoms with E-state index >= 15 is 0 Å². The summed E-state index contributed by atoms with van der Waals surface area (Å²) in [5, 5.41) is 3.72. The molecule has 0 spiro atoms. The summed E-state index contributed by atoms with van der Waals surface area (Å²) in [4.78, 5) is 0. The van der Waals surface area contributed by atoms with Gasteiger partial charge in [0.1, 0.15) is 0 Å². The molecule has 0 aromatic heterocycles. The lowest BCUT2D eigenvalue weighted by Crippen LogP contribution is -2.46. The lowest BCUT2D eigenvalue weighted by Gasteiger charge is -2.32. The molecule has 2 aliphatic heterocycles. The van der Waals surface area contributed by atoms with Crippen LogP contribution >= 0.6 is 0 Å². The number of ether oxygens (including phenoxy) is 1. The van der Waals surface area contributed by atoms with Gasteiger partial charge in [-0.3, -0.25) is 0 Å².